The summed E-state index contributed by atoms with van der Waals surface area (Å²) in [6.45, 7) is 6.12. The normalized spacial score (nSPS) is 16.0. The number of benzene rings is 2. The van der Waals surface area contributed by atoms with Gasteiger partial charge in [0.1, 0.15) is 18.1 Å². The lowest BCUT2D eigenvalue weighted by atomic mass is 9.99. The molecule has 258 valence electrons. The van der Waals surface area contributed by atoms with Crippen molar-refractivity contribution in [3.8, 4) is 0 Å². The monoisotopic (exact) mass is 666 g/mol. The van der Waals surface area contributed by atoms with Crippen LogP contribution in [-0.4, -0.2) is 90.9 Å². The lowest BCUT2D eigenvalue weighted by molar-refractivity contribution is -0.138. The maximum atomic E-state index is 13.9. The molecule has 47 heavy (non-hydrogen) atoms. The van der Waals surface area contributed by atoms with E-state index in [1.54, 1.807) is 0 Å². The Morgan fingerprint density at radius 1 is 0.766 bits per heavy atom. The van der Waals surface area contributed by atoms with Gasteiger partial charge in [-0.3, -0.25) is 19.2 Å². The molecule has 2 aromatic rings. The van der Waals surface area contributed by atoms with Gasteiger partial charge in [0.15, 0.2) is 0 Å². The SMILES string of the molecule is CNCCCC[C@@H](NC(=O)[C@@H](CC(C)C)NC(=O)[C@@H](Cc1ccccc1)NC(=O)[C@H](N)Cc1ccccc1)C(=O)N1CCCSCC1. The zero-order valence-electron chi connectivity index (χ0n) is 28.2. The Balaban J connectivity index is 1.76. The van der Waals surface area contributed by atoms with E-state index in [1.165, 1.54) is 0 Å². The Bertz CT molecular complexity index is 1240. The zero-order valence-corrected chi connectivity index (χ0v) is 29.0. The summed E-state index contributed by atoms with van der Waals surface area (Å²) < 4.78 is 0. The molecule has 2 aromatic carbocycles. The van der Waals surface area contributed by atoms with Gasteiger partial charge in [-0.05, 0) is 74.9 Å². The van der Waals surface area contributed by atoms with Crippen molar-refractivity contribution in [1.82, 2.24) is 26.2 Å². The summed E-state index contributed by atoms with van der Waals surface area (Å²) in [6.07, 6.45) is 4.02. The fourth-order valence-corrected chi connectivity index (χ4v) is 6.53. The van der Waals surface area contributed by atoms with Crippen LogP contribution in [0.4, 0.5) is 0 Å². The first-order valence-corrected chi connectivity index (χ1v) is 18.1. The minimum atomic E-state index is -0.956. The number of nitrogens with one attached hydrogen (secondary N) is 4. The molecular formula is C36H54N6O4S. The maximum absolute atomic E-state index is 13.9. The minimum Gasteiger partial charge on any atom is -0.343 e. The molecule has 0 unspecified atom stereocenters. The molecule has 4 atom stereocenters. The first-order valence-electron chi connectivity index (χ1n) is 16.9. The van der Waals surface area contributed by atoms with E-state index in [0.717, 1.165) is 48.4 Å². The van der Waals surface area contributed by atoms with E-state index in [9.17, 15) is 19.2 Å². The summed E-state index contributed by atoms with van der Waals surface area (Å²) in [5, 5.41) is 11.9. The van der Waals surface area contributed by atoms with Crippen LogP contribution in [-0.2, 0) is 32.0 Å². The van der Waals surface area contributed by atoms with Crippen LogP contribution in [0.3, 0.4) is 0 Å². The molecule has 0 bridgehead atoms. The summed E-state index contributed by atoms with van der Waals surface area (Å²) in [5.41, 5.74) is 8.05. The van der Waals surface area contributed by atoms with Crippen molar-refractivity contribution in [3.63, 3.8) is 0 Å². The molecule has 6 N–H and O–H groups in total. The molecule has 3 rings (SSSR count). The maximum Gasteiger partial charge on any atom is 0.245 e. The van der Waals surface area contributed by atoms with Crippen LogP contribution in [0, 0.1) is 5.92 Å². The first kappa shape index (κ1) is 38.0. The van der Waals surface area contributed by atoms with Crippen LogP contribution >= 0.6 is 11.8 Å². The number of thioether (sulfide) groups is 1. The van der Waals surface area contributed by atoms with E-state index in [2.05, 4.69) is 21.3 Å². The summed E-state index contributed by atoms with van der Waals surface area (Å²) in [4.78, 5) is 56.5. The Hall–Kier alpha value is -3.41. The fourth-order valence-electron chi connectivity index (χ4n) is 5.64. The number of hydrogen-bond acceptors (Lipinski definition) is 7. The molecule has 11 heteroatoms. The van der Waals surface area contributed by atoms with Gasteiger partial charge in [-0.25, -0.2) is 0 Å². The number of nitrogens with two attached hydrogens (primary N) is 1. The Morgan fingerprint density at radius 2 is 1.36 bits per heavy atom. The standard InChI is InChI=1S/C36H54N6O4S/c1-26(2)23-31(34(44)39-30(17-10-11-18-38-3)36(46)42-19-12-21-47-22-20-42)41-35(45)32(25-28-15-8-5-9-16-28)40-33(43)29(37)24-27-13-6-4-7-14-27/h4-9,13-16,26,29-32,38H,10-12,17-25,37H2,1-3H3,(H,39,44)(H,40,43)(H,41,45)/t29-,30-,31-,32-/m1/s1. The molecule has 0 aliphatic carbocycles. The molecule has 1 heterocycles. The van der Waals surface area contributed by atoms with E-state index >= 15 is 0 Å². The molecule has 1 aliphatic heterocycles. The van der Waals surface area contributed by atoms with Crippen molar-refractivity contribution in [2.75, 3.05) is 38.2 Å². The Labute approximate surface area is 284 Å². The summed E-state index contributed by atoms with van der Waals surface area (Å²) in [7, 11) is 1.89. The van der Waals surface area contributed by atoms with Crippen molar-refractivity contribution in [2.24, 2.45) is 11.7 Å². The fraction of sp³-hybridized carbons (Fsp3) is 0.556. The minimum absolute atomic E-state index is 0.0680. The van der Waals surface area contributed by atoms with Gasteiger partial charge in [0.25, 0.3) is 0 Å². The lowest BCUT2D eigenvalue weighted by Crippen LogP contribution is -2.58. The number of carbonyl (C=O) groups excluding carboxylic acids is 4. The number of unbranched alkanes of at least 4 members (excludes halogenated alkanes) is 1. The van der Waals surface area contributed by atoms with Gasteiger partial charge >= 0.3 is 0 Å². The lowest BCUT2D eigenvalue weighted by Gasteiger charge is -2.29. The third kappa shape index (κ3) is 13.7. The highest BCUT2D eigenvalue weighted by atomic mass is 32.2. The van der Waals surface area contributed by atoms with Crippen LogP contribution < -0.4 is 27.0 Å². The molecule has 4 amide bonds. The third-order valence-corrected chi connectivity index (χ3v) is 9.26. The molecule has 1 aliphatic rings. The number of nitrogens with zero attached hydrogens (tertiary/aromatic N) is 1. The van der Waals surface area contributed by atoms with Gasteiger partial charge in [-0.15, -0.1) is 0 Å². The van der Waals surface area contributed by atoms with Gasteiger partial charge in [0.2, 0.25) is 23.6 Å². The predicted octanol–water partition coefficient (Wildman–Crippen LogP) is 2.65. The number of amides is 4. The molecule has 0 saturated carbocycles. The highest BCUT2D eigenvalue weighted by Gasteiger charge is 2.32. The summed E-state index contributed by atoms with van der Waals surface area (Å²) >= 11 is 1.84. The molecule has 1 saturated heterocycles. The summed E-state index contributed by atoms with van der Waals surface area (Å²) in [6, 6.07) is 15.5. The van der Waals surface area contributed by atoms with Crippen molar-refractivity contribution >= 4 is 35.4 Å². The average molecular weight is 667 g/mol. The molecule has 0 radical (unpaired) electrons. The van der Waals surface area contributed by atoms with Crippen molar-refractivity contribution in [2.45, 2.75) is 83.0 Å². The van der Waals surface area contributed by atoms with Crippen molar-refractivity contribution in [1.29, 1.82) is 0 Å². The molecule has 1 fully saturated rings. The first-order chi connectivity index (χ1) is 22.7. The second-order valence-electron chi connectivity index (χ2n) is 12.7. The predicted molar refractivity (Wildman–Crippen MR) is 190 cm³/mol. The van der Waals surface area contributed by atoms with Crippen LogP contribution in [0.25, 0.3) is 0 Å². The second kappa shape index (κ2) is 20.7. The van der Waals surface area contributed by atoms with E-state index in [-0.39, 0.29) is 18.2 Å². The largest absolute Gasteiger partial charge is 0.343 e. The quantitative estimate of drug-likeness (QED) is 0.154. The van der Waals surface area contributed by atoms with Crippen LogP contribution in [0.2, 0.25) is 0 Å². The van der Waals surface area contributed by atoms with Gasteiger partial charge in [0, 0.05) is 25.3 Å². The van der Waals surface area contributed by atoms with E-state index in [1.807, 2.05) is 98.2 Å². The molecular weight excluding hydrogens is 613 g/mol. The topological polar surface area (TPSA) is 146 Å². The zero-order chi connectivity index (χ0) is 34.0. The van der Waals surface area contributed by atoms with E-state index < -0.39 is 41.9 Å². The van der Waals surface area contributed by atoms with E-state index in [4.69, 9.17) is 5.73 Å². The van der Waals surface area contributed by atoms with Crippen LogP contribution in [0.1, 0.15) is 57.1 Å². The number of rotatable bonds is 18. The molecule has 0 aromatic heterocycles. The van der Waals surface area contributed by atoms with Crippen LogP contribution in [0.5, 0.6) is 0 Å². The highest BCUT2D eigenvalue weighted by Crippen LogP contribution is 2.15. The van der Waals surface area contributed by atoms with Gasteiger partial charge < -0.3 is 31.9 Å². The third-order valence-electron chi connectivity index (χ3n) is 8.21. The van der Waals surface area contributed by atoms with Gasteiger partial charge in [-0.1, -0.05) is 74.5 Å². The van der Waals surface area contributed by atoms with Gasteiger partial charge in [-0.2, -0.15) is 11.8 Å². The summed E-state index contributed by atoms with van der Waals surface area (Å²) in [5.74, 6) is 0.592. The van der Waals surface area contributed by atoms with Crippen molar-refractivity contribution in [3.05, 3.63) is 71.8 Å². The number of hydrogen-bond donors (Lipinski definition) is 5. The van der Waals surface area contributed by atoms with E-state index in [0.29, 0.717) is 32.4 Å². The highest BCUT2D eigenvalue weighted by molar-refractivity contribution is 7.99. The number of carbonyl (C=O) groups is 4. The second-order valence-corrected chi connectivity index (χ2v) is 13.9. The molecule has 0 spiro atoms. The molecule has 10 nitrogen and oxygen atoms in total. The van der Waals surface area contributed by atoms with Crippen LogP contribution in [0.15, 0.2) is 60.7 Å². The van der Waals surface area contributed by atoms with Gasteiger partial charge in [0.05, 0.1) is 6.04 Å². The Morgan fingerprint density at radius 3 is 2.00 bits per heavy atom. The Kier molecular flexibility index (Phi) is 16.8. The average Bonchev–Trinajstić information content (AvgIpc) is 3.35. The van der Waals surface area contributed by atoms with Crippen molar-refractivity contribution < 1.29 is 19.2 Å². The smallest absolute Gasteiger partial charge is 0.245 e.